The molecular weight excluding hydrogens is 152 g/mol. The van der Waals surface area contributed by atoms with E-state index in [0.717, 1.165) is 5.69 Å². The molecule has 12 heavy (non-hydrogen) atoms. The summed E-state index contributed by atoms with van der Waals surface area (Å²) in [6, 6.07) is 9.94. The molecule has 0 saturated carbocycles. The smallest absolute Gasteiger partial charge is 0.0574 e. The lowest BCUT2D eigenvalue weighted by Gasteiger charge is -2.19. The first-order chi connectivity index (χ1) is 5.84. The molecule has 0 aliphatic carbocycles. The number of para-hydroxylation sites is 1. The van der Waals surface area contributed by atoms with Crippen molar-refractivity contribution in [2.45, 2.75) is 0 Å². The van der Waals surface area contributed by atoms with Gasteiger partial charge in [-0.15, -0.1) is 0 Å². The summed E-state index contributed by atoms with van der Waals surface area (Å²) in [6.07, 6.45) is 0. The minimum Gasteiger partial charge on any atom is -0.395 e. The largest absolute Gasteiger partial charge is 0.395 e. The monoisotopic (exact) mass is 166 g/mol. The van der Waals surface area contributed by atoms with Crippen LogP contribution in [-0.4, -0.2) is 25.3 Å². The van der Waals surface area contributed by atoms with Crippen molar-refractivity contribution in [3.63, 3.8) is 0 Å². The van der Waals surface area contributed by atoms with Crippen LogP contribution < -0.4 is 10.4 Å². The molecule has 1 aromatic rings. The molecule has 0 radical (unpaired) electrons. The van der Waals surface area contributed by atoms with Crippen LogP contribution in [-0.2, 0) is 0 Å². The third-order valence-corrected chi connectivity index (χ3v) is 1.60. The minimum absolute atomic E-state index is 0.150. The molecule has 3 heteroatoms. The van der Waals surface area contributed by atoms with Gasteiger partial charge in [0.1, 0.15) is 0 Å². The number of hydrogen-bond acceptors (Lipinski definition) is 3. The number of hydrazine groups is 1. The molecule has 0 spiro atoms. The zero-order chi connectivity index (χ0) is 8.81. The molecule has 0 aromatic heterocycles. The number of benzene rings is 1. The van der Waals surface area contributed by atoms with Gasteiger partial charge in [-0.05, 0) is 12.1 Å². The van der Waals surface area contributed by atoms with E-state index in [9.17, 15) is 0 Å². The number of anilines is 1. The summed E-state index contributed by atoms with van der Waals surface area (Å²) in [5.41, 5.74) is 4.12. The second-order valence-electron chi connectivity index (χ2n) is 2.53. The summed E-state index contributed by atoms with van der Waals surface area (Å²) >= 11 is 0. The lowest BCUT2D eigenvalue weighted by Crippen LogP contribution is -2.36. The summed E-state index contributed by atoms with van der Waals surface area (Å²) < 4.78 is 0. The third-order valence-electron chi connectivity index (χ3n) is 1.60. The Morgan fingerprint density at radius 2 is 2.00 bits per heavy atom. The second kappa shape index (κ2) is 4.74. The maximum absolute atomic E-state index is 8.57. The number of rotatable bonds is 4. The van der Waals surface area contributed by atoms with E-state index in [1.807, 2.05) is 42.4 Å². The molecule has 66 valence electrons. The van der Waals surface area contributed by atoms with E-state index < -0.39 is 0 Å². The molecule has 0 fully saturated rings. The minimum atomic E-state index is 0.150. The zero-order valence-electron chi connectivity index (χ0n) is 7.20. The topological polar surface area (TPSA) is 35.5 Å². The van der Waals surface area contributed by atoms with Crippen molar-refractivity contribution in [2.24, 2.45) is 0 Å². The fourth-order valence-corrected chi connectivity index (χ4v) is 0.961. The molecule has 0 saturated heterocycles. The summed E-state index contributed by atoms with van der Waals surface area (Å²) in [6.45, 7) is 0.725. The van der Waals surface area contributed by atoms with Gasteiger partial charge in [0.15, 0.2) is 0 Å². The lowest BCUT2D eigenvalue weighted by molar-refractivity contribution is 0.292. The van der Waals surface area contributed by atoms with Crippen molar-refractivity contribution in [1.82, 2.24) is 5.43 Å². The van der Waals surface area contributed by atoms with E-state index in [2.05, 4.69) is 5.43 Å². The van der Waals surface area contributed by atoms with Crippen LogP contribution in [0.3, 0.4) is 0 Å². The predicted octanol–water partition coefficient (Wildman–Crippen LogP) is 0.620. The Morgan fingerprint density at radius 1 is 1.33 bits per heavy atom. The van der Waals surface area contributed by atoms with E-state index >= 15 is 0 Å². The Labute approximate surface area is 72.6 Å². The summed E-state index contributed by atoms with van der Waals surface area (Å²) in [5.74, 6) is 0. The van der Waals surface area contributed by atoms with Crippen molar-refractivity contribution < 1.29 is 5.11 Å². The molecule has 3 nitrogen and oxygen atoms in total. The van der Waals surface area contributed by atoms with Crippen LogP contribution in [0.5, 0.6) is 0 Å². The number of aliphatic hydroxyl groups is 1. The zero-order valence-corrected chi connectivity index (χ0v) is 7.20. The molecule has 0 heterocycles. The highest BCUT2D eigenvalue weighted by molar-refractivity contribution is 5.43. The van der Waals surface area contributed by atoms with Gasteiger partial charge >= 0.3 is 0 Å². The van der Waals surface area contributed by atoms with Gasteiger partial charge in [0.05, 0.1) is 12.3 Å². The molecule has 1 aromatic carbocycles. The van der Waals surface area contributed by atoms with Gasteiger partial charge in [-0.1, -0.05) is 18.2 Å². The van der Waals surface area contributed by atoms with Crippen LogP contribution in [0.1, 0.15) is 0 Å². The van der Waals surface area contributed by atoms with Gasteiger partial charge in [0.25, 0.3) is 0 Å². The van der Waals surface area contributed by atoms with Crippen molar-refractivity contribution in [3.05, 3.63) is 30.3 Å². The average molecular weight is 166 g/mol. The summed E-state index contributed by atoms with van der Waals surface area (Å²) in [5, 5.41) is 10.5. The summed E-state index contributed by atoms with van der Waals surface area (Å²) in [4.78, 5) is 0. The van der Waals surface area contributed by atoms with Crippen LogP contribution in [0.4, 0.5) is 5.69 Å². The van der Waals surface area contributed by atoms with Crippen LogP contribution in [0.2, 0.25) is 0 Å². The SMILES string of the molecule is CN(NCCO)c1ccccc1. The van der Waals surface area contributed by atoms with E-state index in [-0.39, 0.29) is 6.61 Å². The number of hydrogen-bond donors (Lipinski definition) is 2. The fraction of sp³-hybridized carbons (Fsp3) is 0.333. The van der Waals surface area contributed by atoms with E-state index in [1.165, 1.54) is 0 Å². The van der Waals surface area contributed by atoms with Crippen LogP contribution in [0, 0.1) is 0 Å². The second-order valence-corrected chi connectivity index (χ2v) is 2.53. The Morgan fingerprint density at radius 3 is 2.58 bits per heavy atom. The van der Waals surface area contributed by atoms with Crippen molar-refractivity contribution in [3.8, 4) is 0 Å². The van der Waals surface area contributed by atoms with Gasteiger partial charge in [-0.25, -0.2) is 5.43 Å². The van der Waals surface area contributed by atoms with Crippen molar-refractivity contribution in [2.75, 3.05) is 25.2 Å². The molecule has 0 amide bonds. The van der Waals surface area contributed by atoms with Crippen LogP contribution in [0.15, 0.2) is 30.3 Å². The quantitative estimate of drug-likeness (QED) is 0.644. The number of aliphatic hydroxyl groups excluding tert-OH is 1. The maximum Gasteiger partial charge on any atom is 0.0574 e. The Balaban J connectivity index is 2.48. The predicted molar refractivity (Wildman–Crippen MR) is 49.9 cm³/mol. The first-order valence-corrected chi connectivity index (χ1v) is 3.97. The highest BCUT2D eigenvalue weighted by Gasteiger charge is 1.95. The Bertz CT molecular complexity index is 213. The van der Waals surface area contributed by atoms with E-state index in [4.69, 9.17) is 5.11 Å². The molecule has 1 rings (SSSR count). The van der Waals surface area contributed by atoms with Crippen molar-refractivity contribution >= 4 is 5.69 Å². The average Bonchev–Trinajstić information content (AvgIpc) is 2.15. The molecule has 0 unspecified atom stereocenters. The fourth-order valence-electron chi connectivity index (χ4n) is 0.961. The van der Waals surface area contributed by atoms with E-state index in [0.29, 0.717) is 6.54 Å². The van der Waals surface area contributed by atoms with Gasteiger partial charge in [0.2, 0.25) is 0 Å². The number of nitrogens with zero attached hydrogens (tertiary/aromatic N) is 1. The molecular formula is C9H14N2O. The van der Waals surface area contributed by atoms with Gasteiger partial charge < -0.3 is 10.1 Å². The number of nitrogens with one attached hydrogen (secondary N) is 1. The Kier molecular flexibility index (Phi) is 3.57. The molecule has 0 aliphatic rings. The lowest BCUT2D eigenvalue weighted by atomic mass is 10.3. The molecule has 0 aliphatic heterocycles. The molecule has 0 atom stereocenters. The first kappa shape index (κ1) is 9.03. The highest BCUT2D eigenvalue weighted by atomic mass is 16.3. The molecule has 0 bridgehead atoms. The molecule has 2 N–H and O–H groups in total. The van der Waals surface area contributed by atoms with Crippen molar-refractivity contribution in [1.29, 1.82) is 0 Å². The van der Waals surface area contributed by atoms with Gasteiger partial charge in [-0.3, -0.25) is 0 Å². The van der Waals surface area contributed by atoms with Gasteiger partial charge in [-0.2, -0.15) is 0 Å². The first-order valence-electron chi connectivity index (χ1n) is 3.97. The van der Waals surface area contributed by atoms with Gasteiger partial charge in [0, 0.05) is 13.6 Å². The maximum atomic E-state index is 8.57. The summed E-state index contributed by atoms with van der Waals surface area (Å²) in [7, 11) is 1.92. The van der Waals surface area contributed by atoms with E-state index in [1.54, 1.807) is 0 Å². The van der Waals surface area contributed by atoms with Crippen LogP contribution in [0.25, 0.3) is 0 Å². The standard InChI is InChI=1S/C9H14N2O/c1-11(10-7-8-12)9-5-3-2-4-6-9/h2-6,10,12H,7-8H2,1H3. The third kappa shape index (κ3) is 2.53. The normalized spacial score (nSPS) is 9.83. The highest BCUT2D eigenvalue weighted by Crippen LogP contribution is 2.07. The Hall–Kier alpha value is -1.06. The van der Waals surface area contributed by atoms with Crippen LogP contribution >= 0.6 is 0 Å².